The minimum Gasteiger partial charge on any atom is -0.369 e. The smallest absolute Gasteiger partial charge is 0.369 e. The molecule has 1 aromatic heterocycles. The molecule has 194 valence electrons. The third-order valence-electron chi connectivity index (χ3n) is 5.66. The van der Waals surface area contributed by atoms with E-state index in [0.717, 1.165) is 29.2 Å². The molecule has 1 saturated carbocycles. The van der Waals surface area contributed by atoms with Crippen molar-refractivity contribution in [1.82, 2.24) is 4.98 Å². The van der Waals surface area contributed by atoms with Crippen molar-refractivity contribution in [3.05, 3.63) is 68.4 Å². The van der Waals surface area contributed by atoms with Crippen LogP contribution in [0.1, 0.15) is 33.8 Å². The number of anilines is 3. The zero-order valence-corrected chi connectivity index (χ0v) is 21.1. The number of benzene rings is 2. The van der Waals surface area contributed by atoms with Gasteiger partial charge < -0.3 is 11.1 Å². The SMILES string of the molecule is Cc1nc(N(C(=O)C2(C(N)=O)CC2)c2cc(F)cc(Cl)c2)sc1C(=O)Nc1cc(C(F)(F)F)ccc1Cl. The predicted octanol–water partition coefficient (Wildman–Crippen LogP) is 6.10. The number of rotatable bonds is 6. The fourth-order valence-electron chi connectivity index (χ4n) is 3.55. The Morgan fingerprint density at radius 1 is 1.14 bits per heavy atom. The summed E-state index contributed by atoms with van der Waals surface area (Å²) >= 11 is 12.6. The van der Waals surface area contributed by atoms with Crippen LogP contribution >= 0.6 is 34.5 Å². The number of hydrogen-bond donors (Lipinski definition) is 2. The first-order valence-corrected chi connectivity index (χ1v) is 12.1. The van der Waals surface area contributed by atoms with E-state index in [1.165, 1.54) is 13.0 Å². The summed E-state index contributed by atoms with van der Waals surface area (Å²) in [5.41, 5.74) is 2.69. The Morgan fingerprint density at radius 3 is 2.38 bits per heavy atom. The molecule has 4 rings (SSSR count). The van der Waals surface area contributed by atoms with Gasteiger partial charge in [0.15, 0.2) is 5.13 Å². The van der Waals surface area contributed by atoms with E-state index < -0.39 is 40.7 Å². The number of primary amides is 1. The van der Waals surface area contributed by atoms with Gasteiger partial charge in [-0.15, -0.1) is 0 Å². The largest absolute Gasteiger partial charge is 0.416 e. The standard InChI is InChI=1S/C23H16Cl2F4N4O3S/c1-10-17(18(34)32-16-6-11(23(27,28)29)2-3-15(16)25)37-21(31-10)33(14-8-12(24)7-13(26)9-14)20(36)22(4-5-22)19(30)35/h2-3,6-9H,4-5H2,1H3,(H2,30,35)(H,32,34). The Labute approximate surface area is 221 Å². The summed E-state index contributed by atoms with van der Waals surface area (Å²) in [6, 6.07) is 5.75. The van der Waals surface area contributed by atoms with E-state index in [1.54, 1.807) is 0 Å². The Morgan fingerprint density at radius 2 is 1.81 bits per heavy atom. The average Bonchev–Trinajstić information content (AvgIpc) is 3.52. The number of aromatic nitrogens is 1. The second-order valence-corrected chi connectivity index (χ2v) is 10.1. The number of hydrogen-bond acceptors (Lipinski definition) is 5. The molecule has 0 radical (unpaired) electrons. The van der Waals surface area contributed by atoms with E-state index in [1.807, 2.05) is 0 Å². The number of amides is 3. The third-order valence-corrected chi connectivity index (χ3v) is 7.35. The lowest BCUT2D eigenvalue weighted by Gasteiger charge is -2.24. The molecule has 0 atom stereocenters. The van der Waals surface area contributed by atoms with Crippen LogP contribution in [0.5, 0.6) is 0 Å². The highest BCUT2D eigenvalue weighted by molar-refractivity contribution is 7.18. The normalized spacial score (nSPS) is 14.2. The minimum atomic E-state index is -4.66. The van der Waals surface area contributed by atoms with Crippen LogP contribution in [0.25, 0.3) is 0 Å². The Bertz CT molecular complexity index is 1420. The molecule has 3 amide bonds. The molecule has 1 aliphatic carbocycles. The molecule has 37 heavy (non-hydrogen) atoms. The molecule has 1 fully saturated rings. The van der Waals surface area contributed by atoms with E-state index in [-0.39, 0.29) is 50.0 Å². The van der Waals surface area contributed by atoms with Crippen molar-refractivity contribution >= 4 is 68.8 Å². The van der Waals surface area contributed by atoms with Crippen LogP contribution in [0.15, 0.2) is 36.4 Å². The first-order chi connectivity index (χ1) is 17.2. The van der Waals surface area contributed by atoms with Crippen molar-refractivity contribution in [3.8, 4) is 0 Å². The Kier molecular flexibility index (Phi) is 6.95. The maximum absolute atomic E-state index is 14.2. The zero-order chi connectivity index (χ0) is 27.3. The maximum atomic E-state index is 14.2. The number of nitrogens with two attached hydrogens (primary N) is 1. The van der Waals surface area contributed by atoms with Gasteiger partial charge in [0, 0.05) is 5.02 Å². The van der Waals surface area contributed by atoms with Crippen molar-refractivity contribution < 1.29 is 31.9 Å². The number of alkyl halides is 3. The van der Waals surface area contributed by atoms with Crippen molar-refractivity contribution in [2.24, 2.45) is 11.1 Å². The Balaban J connectivity index is 1.73. The van der Waals surface area contributed by atoms with Gasteiger partial charge in [0.1, 0.15) is 16.1 Å². The third kappa shape index (κ3) is 5.27. The molecule has 3 N–H and O–H groups in total. The van der Waals surface area contributed by atoms with Crippen molar-refractivity contribution in [3.63, 3.8) is 0 Å². The van der Waals surface area contributed by atoms with Gasteiger partial charge >= 0.3 is 6.18 Å². The molecule has 0 saturated heterocycles. The molecule has 2 aromatic carbocycles. The second-order valence-electron chi connectivity index (χ2n) is 8.27. The molecule has 7 nitrogen and oxygen atoms in total. The summed E-state index contributed by atoms with van der Waals surface area (Å²) in [7, 11) is 0. The molecule has 1 heterocycles. The molecule has 1 aliphatic rings. The first kappa shape index (κ1) is 26.8. The molecule has 0 bridgehead atoms. The van der Waals surface area contributed by atoms with Gasteiger partial charge in [-0.05, 0) is 56.2 Å². The Hall–Kier alpha value is -3.22. The van der Waals surface area contributed by atoms with Crippen molar-refractivity contribution in [1.29, 1.82) is 0 Å². The van der Waals surface area contributed by atoms with E-state index in [0.29, 0.717) is 17.4 Å². The number of carbonyl (C=O) groups is 3. The number of aryl methyl sites for hydroxylation is 1. The van der Waals surface area contributed by atoms with E-state index in [2.05, 4.69) is 10.3 Å². The number of halogens is 6. The number of thiazole rings is 1. The maximum Gasteiger partial charge on any atom is 0.416 e. The lowest BCUT2D eigenvalue weighted by molar-refractivity contribution is -0.137. The highest BCUT2D eigenvalue weighted by Crippen LogP contribution is 2.49. The van der Waals surface area contributed by atoms with Crippen LogP contribution in [-0.4, -0.2) is 22.7 Å². The van der Waals surface area contributed by atoms with Crippen LogP contribution < -0.4 is 16.0 Å². The molecule has 0 aliphatic heterocycles. The molecule has 3 aromatic rings. The van der Waals surface area contributed by atoms with Crippen LogP contribution in [0.3, 0.4) is 0 Å². The molecule has 14 heteroatoms. The van der Waals surface area contributed by atoms with Crippen LogP contribution in [-0.2, 0) is 15.8 Å². The van der Waals surface area contributed by atoms with Crippen LogP contribution in [0.4, 0.5) is 34.1 Å². The van der Waals surface area contributed by atoms with Gasteiger partial charge in [-0.3, -0.25) is 19.3 Å². The quantitative estimate of drug-likeness (QED) is 0.274. The zero-order valence-electron chi connectivity index (χ0n) is 18.8. The van der Waals surface area contributed by atoms with Crippen LogP contribution in [0.2, 0.25) is 10.0 Å². The van der Waals surface area contributed by atoms with E-state index >= 15 is 0 Å². The number of nitrogens with one attached hydrogen (secondary N) is 1. The fourth-order valence-corrected chi connectivity index (χ4v) is 4.92. The number of carbonyl (C=O) groups excluding carboxylic acids is 3. The summed E-state index contributed by atoms with van der Waals surface area (Å²) in [6.07, 6.45) is -4.32. The monoisotopic (exact) mass is 574 g/mol. The van der Waals surface area contributed by atoms with E-state index in [9.17, 15) is 31.9 Å². The fraction of sp³-hybridized carbons (Fsp3) is 0.217. The number of nitrogens with zero attached hydrogens (tertiary/aromatic N) is 2. The summed E-state index contributed by atoms with van der Waals surface area (Å²) in [5, 5.41) is 2.05. The van der Waals surface area contributed by atoms with Gasteiger partial charge in [-0.2, -0.15) is 13.2 Å². The van der Waals surface area contributed by atoms with Gasteiger partial charge in [-0.25, -0.2) is 9.37 Å². The van der Waals surface area contributed by atoms with Gasteiger partial charge in [0.25, 0.3) is 5.91 Å². The predicted molar refractivity (Wildman–Crippen MR) is 131 cm³/mol. The molecular weight excluding hydrogens is 559 g/mol. The van der Waals surface area contributed by atoms with Gasteiger partial charge in [-0.1, -0.05) is 34.5 Å². The average molecular weight is 575 g/mol. The topological polar surface area (TPSA) is 105 Å². The van der Waals surface area contributed by atoms with Crippen molar-refractivity contribution in [2.75, 3.05) is 10.2 Å². The molecular formula is C23H16Cl2F4N4O3S. The molecule has 0 unspecified atom stereocenters. The summed E-state index contributed by atoms with van der Waals surface area (Å²) in [4.78, 5) is 43.6. The highest BCUT2D eigenvalue weighted by Gasteiger charge is 2.58. The van der Waals surface area contributed by atoms with Crippen molar-refractivity contribution in [2.45, 2.75) is 25.9 Å². The summed E-state index contributed by atoms with van der Waals surface area (Å²) < 4.78 is 53.5. The molecule has 0 spiro atoms. The first-order valence-electron chi connectivity index (χ1n) is 10.5. The lowest BCUT2D eigenvalue weighted by atomic mass is 10.0. The summed E-state index contributed by atoms with van der Waals surface area (Å²) in [6.45, 7) is 1.44. The summed E-state index contributed by atoms with van der Waals surface area (Å²) in [5.74, 6) is -3.25. The van der Waals surface area contributed by atoms with Crippen LogP contribution in [0, 0.1) is 18.2 Å². The minimum absolute atomic E-state index is 0.0397. The lowest BCUT2D eigenvalue weighted by Crippen LogP contribution is -2.41. The van der Waals surface area contributed by atoms with E-state index in [4.69, 9.17) is 28.9 Å². The second kappa shape index (κ2) is 9.58. The highest BCUT2D eigenvalue weighted by atomic mass is 35.5. The van der Waals surface area contributed by atoms with Gasteiger partial charge in [0.2, 0.25) is 11.8 Å². The van der Waals surface area contributed by atoms with Gasteiger partial charge in [0.05, 0.1) is 27.7 Å².